The lowest BCUT2D eigenvalue weighted by molar-refractivity contribution is -0.123. The first-order valence-corrected chi connectivity index (χ1v) is 7.91. The Morgan fingerprint density at radius 1 is 1.15 bits per heavy atom. The maximum atomic E-state index is 12.4. The van der Waals surface area contributed by atoms with E-state index in [9.17, 15) is 4.79 Å². The molecule has 0 fully saturated rings. The number of alkyl halides is 1. The van der Waals surface area contributed by atoms with Crippen LogP contribution in [0.4, 0.5) is 0 Å². The van der Waals surface area contributed by atoms with Crippen molar-refractivity contribution < 1.29 is 4.79 Å². The van der Waals surface area contributed by atoms with E-state index in [4.69, 9.17) is 0 Å². The van der Waals surface area contributed by atoms with Gasteiger partial charge < -0.3 is 5.32 Å². The normalized spacial score (nSPS) is 17.8. The monoisotopic (exact) mass is 329 g/mol. The van der Waals surface area contributed by atoms with Crippen molar-refractivity contribution in [3.05, 3.63) is 71.3 Å². The van der Waals surface area contributed by atoms with Gasteiger partial charge in [-0.25, -0.2) is 0 Å². The average molecular weight is 330 g/mol. The van der Waals surface area contributed by atoms with Crippen molar-refractivity contribution in [2.45, 2.75) is 18.4 Å². The Kier molecular flexibility index (Phi) is 3.88. The molecule has 0 aliphatic heterocycles. The zero-order valence-corrected chi connectivity index (χ0v) is 12.6. The lowest BCUT2D eigenvalue weighted by Gasteiger charge is -2.30. The van der Waals surface area contributed by atoms with Gasteiger partial charge in [0.15, 0.2) is 0 Å². The molecule has 1 amide bonds. The second-order valence-corrected chi connectivity index (χ2v) is 5.73. The van der Waals surface area contributed by atoms with E-state index < -0.39 is 0 Å². The molecule has 0 heterocycles. The maximum absolute atomic E-state index is 12.4. The summed E-state index contributed by atoms with van der Waals surface area (Å²) in [5, 5.41) is 3.86. The molecular weight excluding hydrogens is 314 g/mol. The molecule has 1 aliphatic rings. The van der Waals surface area contributed by atoms with Crippen LogP contribution in [0, 0.1) is 0 Å². The van der Waals surface area contributed by atoms with Gasteiger partial charge in [-0.15, -0.1) is 0 Å². The summed E-state index contributed by atoms with van der Waals surface area (Å²) >= 11 is 3.49. The van der Waals surface area contributed by atoms with Crippen LogP contribution in [0.3, 0.4) is 0 Å². The first-order valence-electron chi connectivity index (χ1n) is 6.78. The summed E-state index contributed by atoms with van der Waals surface area (Å²) in [5.41, 5.74) is 3.60. The van der Waals surface area contributed by atoms with Crippen molar-refractivity contribution in [2.75, 3.05) is 5.33 Å². The molecule has 2 aromatic rings. The van der Waals surface area contributed by atoms with E-state index >= 15 is 0 Å². The van der Waals surface area contributed by atoms with Crippen molar-refractivity contribution in [1.29, 1.82) is 0 Å². The van der Waals surface area contributed by atoms with E-state index in [1.54, 1.807) is 0 Å². The summed E-state index contributed by atoms with van der Waals surface area (Å²) in [5.74, 6) is 0.133. The minimum atomic E-state index is 0.0106. The van der Waals surface area contributed by atoms with Crippen molar-refractivity contribution in [1.82, 2.24) is 5.32 Å². The number of benzene rings is 2. The number of nitrogens with one attached hydrogen (secondary N) is 1. The van der Waals surface area contributed by atoms with Crippen LogP contribution in [0.25, 0.3) is 0 Å². The third-order valence-corrected chi connectivity index (χ3v) is 4.49. The number of carbonyl (C=O) groups is 1. The molecule has 0 bridgehead atoms. The van der Waals surface area contributed by atoms with Crippen LogP contribution in [-0.2, 0) is 11.2 Å². The van der Waals surface area contributed by atoms with Gasteiger partial charge in [0.1, 0.15) is 0 Å². The van der Waals surface area contributed by atoms with Crippen molar-refractivity contribution in [3.63, 3.8) is 0 Å². The molecule has 2 atom stereocenters. The Labute approximate surface area is 127 Å². The molecule has 2 unspecified atom stereocenters. The van der Waals surface area contributed by atoms with Crippen molar-refractivity contribution in [3.8, 4) is 0 Å². The number of hydrogen-bond donors (Lipinski definition) is 1. The third kappa shape index (κ3) is 2.50. The smallest absolute Gasteiger partial charge is 0.228 e. The van der Waals surface area contributed by atoms with Crippen LogP contribution >= 0.6 is 15.9 Å². The Morgan fingerprint density at radius 2 is 1.85 bits per heavy atom. The van der Waals surface area contributed by atoms with Crippen molar-refractivity contribution in [2.24, 2.45) is 0 Å². The molecular formula is C17H16BrNO. The number of rotatable bonds is 4. The van der Waals surface area contributed by atoms with Gasteiger partial charge in [0.25, 0.3) is 0 Å². The quantitative estimate of drug-likeness (QED) is 0.853. The number of carbonyl (C=O) groups excluding carboxylic acids is 1. The molecule has 1 N–H and O–H groups in total. The summed E-state index contributed by atoms with van der Waals surface area (Å²) in [7, 11) is 0. The van der Waals surface area contributed by atoms with Gasteiger partial charge in [0.05, 0.1) is 12.0 Å². The van der Waals surface area contributed by atoms with Gasteiger partial charge in [-0.2, -0.15) is 0 Å². The number of fused-ring (bicyclic) bond motifs is 1. The van der Waals surface area contributed by atoms with E-state index in [1.807, 2.05) is 42.5 Å². The average Bonchev–Trinajstić information content (AvgIpc) is 2.47. The largest absolute Gasteiger partial charge is 0.348 e. The summed E-state index contributed by atoms with van der Waals surface area (Å²) < 4.78 is 0. The fourth-order valence-electron chi connectivity index (χ4n) is 2.66. The highest BCUT2D eigenvalue weighted by molar-refractivity contribution is 9.09. The molecule has 0 spiro atoms. The molecule has 102 valence electrons. The predicted molar refractivity (Wildman–Crippen MR) is 84.0 cm³/mol. The molecule has 0 saturated carbocycles. The minimum Gasteiger partial charge on any atom is -0.348 e. The zero-order valence-electron chi connectivity index (χ0n) is 11.1. The van der Waals surface area contributed by atoms with E-state index in [0.717, 1.165) is 17.3 Å². The highest BCUT2D eigenvalue weighted by Gasteiger charge is 2.32. The van der Waals surface area contributed by atoms with Gasteiger partial charge in [-0.1, -0.05) is 70.5 Å². The zero-order chi connectivity index (χ0) is 13.9. The van der Waals surface area contributed by atoms with E-state index in [0.29, 0.717) is 0 Å². The Bertz CT molecular complexity index is 611. The summed E-state index contributed by atoms with van der Waals surface area (Å²) in [6, 6.07) is 18.3. The third-order valence-electron chi connectivity index (χ3n) is 3.84. The SMILES string of the molecule is O=C(NC(CBr)c1ccccc1)C1Cc2ccccc21. The number of amides is 1. The highest BCUT2D eigenvalue weighted by Crippen LogP contribution is 2.35. The van der Waals surface area contributed by atoms with Crippen molar-refractivity contribution >= 4 is 21.8 Å². The molecule has 2 nitrogen and oxygen atoms in total. The van der Waals surface area contributed by atoms with Gasteiger partial charge >= 0.3 is 0 Å². The van der Waals surface area contributed by atoms with E-state index in [2.05, 4.69) is 33.4 Å². The van der Waals surface area contributed by atoms with Crippen LogP contribution in [0.5, 0.6) is 0 Å². The Balaban J connectivity index is 1.71. The second-order valence-electron chi connectivity index (χ2n) is 5.08. The summed E-state index contributed by atoms with van der Waals surface area (Å²) in [6.07, 6.45) is 0.853. The minimum absolute atomic E-state index is 0.0106. The van der Waals surface area contributed by atoms with Crippen LogP contribution in [0.15, 0.2) is 54.6 Å². The molecule has 0 aromatic heterocycles. The maximum Gasteiger partial charge on any atom is 0.228 e. The molecule has 0 radical (unpaired) electrons. The summed E-state index contributed by atoms with van der Waals surface area (Å²) in [6.45, 7) is 0. The Hall–Kier alpha value is -1.61. The van der Waals surface area contributed by atoms with Crippen LogP contribution in [-0.4, -0.2) is 11.2 Å². The van der Waals surface area contributed by atoms with Crippen LogP contribution in [0.1, 0.15) is 28.7 Å². The highest BCUT2D eigenvalue weighted by atomic mass is 79.9. The van der Waals surface area contributed by atoms with Crippen LogP contribution < -0.4 is 5.32 Å². The van der Waals surface area contributed by atoms with E-state index in [-0.39, 0.29) is 17.9 Å². The second kappa shape index (κ2) is 5.80. The number of hydrogen-bond acceptors (Lipinski definition) is 1. The predicted octanol–water partition coefficient (Wildman–Crippen LogP) is 3.58. The van der Waals surface area contributed by atoms with Gasteiger partial charge in [0, 0.05) is 5.33 Å². The lowest BCUT2D eigenvalue weighted by Crippen LogP contribution is -2.38. The summed E-state index contributed by atoms with van der Waals surface area (Å²) in [4.78, 5) is 12.4. The van der Waals surface area contributed by atoms with Gasteiger partial charge in [-0.3, -0.25) is 4.79 Å². The molecule has 3 rings (SSSR count). The first-order chi connectivity index (χ1) is 9.79. The molecule has 20 heavy (non-hydrogen) atoms. The molecule has 2 aromatic carbocycles. The topological polar surface area (TPSA) is 29.1 Å². The van der Waals surface area contributed by atoms with Gasteiger partial charge in [-0.05, 0) is 23.1 Å². The molecule has 3 heteroatoms. The Morgan fingerprint density at radius 3 is 2.55 bits per heavy atom. The molecule has 1 aliphatic carbocycles. The molecule has 0 saturated heterocycles. The van der Waals surface area contributed by atoms with Crippen LogP contribution in [0.2, 0.25) is 0 Å². The fourth-order valence-corrected chi connectivity index (χ4v) is 3.20. The van der Waals surface area contributed by atoms with Gasteiger partial charge in [0.2, 0.25) is 5.91 Å². The number of halogens is 1. The lowest BCUT2D eigenvalue weighted by atomic mass is 9.77. The van der Waals surface area contributed by atoms with E-state index in [1.165, 1.54) is 11.1 Å². The first kappa shape index (κ1) is 13.4. The standard InChI is InChI=1S/C17H16BrNO/c18-11-16(12-6-2-1-3-7-12)19-17(20)15-10-13-8-4-5-9-14(13)15/h1-9,15-16H,10-11H2,(H,19,20). The fraction of sp³-hybridized carbons (Fsp3) is 0.235.